The third-order valence-corrected chi connectivity index (χ3v) is 4.85. The van der Waals surface area contributed by atoms with Gasteiger partial charge in [0.1, 0.15) is 6.61 Å². The van der Waals surface area contributed by atoms with Crippen LogP contribution in [0, 0.1) is 13.8 Å². The van der Waals surface area contributed by atoms with Crippen LogP contribution in [-0.2, 0) is 16.0 Å². The third kappa shape index (κ3) is 2.37. The molecule has 0 bridgehead atoms. The van der Waals surface area contributed by atoms with E-state index in [0.29, 0.717) is 32.7 Å². The molecular formula is C13H17N3O3S. The molecule has 0 aromatic carbocycles. The summed E-state index contributed by atoms with van der Waals surface area (Å²) in [4.78, 5) is 32.7. The van der Waals surface area contributed by atoms with Crippen molar-refractivity contribution in [3.05, 3.63) is 15.6 Å². The summed E-state index contributed by atoms with van der Waals surface area (Å²) < 4.78 is 5.01. The SMILES string of the molecule is Cc1nc(C)c(CC(=O)N2CCN3C(=O)OC[C@H]3C2)s1. The number of cyclic esters (lactones) is 1. The highest BCUT2D eigenvalue weighted by molar-refractivity contribution is 7.11. The van der Waals surface area contributed by atoms with Crippen LogP contribution in [0.5, 0.6) is 0 Å². The number of nitrogens with zero attached hydrogens (tertiary/aromatic N) is 3. The molecule has 1 aromatic heterocycles. The highest BCUT2D eigenvalue weighted by Crippen LogP contribution is 2.21. The summed E-state index contributed by atoms with van der Waals surface area (Å²) in [5, 5.41) is 0.991. The average molecular weight is 295 g/mol. The number of carbonyl (C=O) groups is 2. The zero-order valence-electron chi connectivity index (χ0n) is 11.6. The molecule has 0 saturated carbocycles. The molecule has 2 aliphatic heterocycles. The first-order valence-corrected chi connectivity index (χ1v) is 7.50. The zero-order valence-corrected chi connectivity index (χ0v) is 12.4. The molecule has 1 aromatic rings. The molecule has 0 unspecified atom stereocenters. The second-order valence-electron chi connectivity index (χ2n) is 5.18. The van der Waals surface area contributed by atoms with Gasteiger partial charge in [0.25, 0.3) is 0 Å². The van der Waals surface area contributed by atoms with Gasteiger partial charge in [0.2, 0.25) is 5.91 Å². The van der Waals surface area contributed by atoms with Gasteiger partial charge in [-0.25, -0.2) is 9.78 Å². The Morgan fingerprint density at radius 3 is 2.95 bits per heavy atom. The van der Waals surface area contributed by atoms with Crippen LogP contribution in [0.25, 0.3) is 0 Å². The Kier molecular flexibility index (Phi) is 3.37. The molecule has 3 heterocycles. The fourth-order valence-electron chi connectivity index (χ4n) is 2.70. The van der Waals surface area contributed by atoms with Crippen LogP contribution < -0.4 is 0 Å². The number of amides is 2. The standard InChI is InChI=1S/C13H17N3O3S/c1-8-11(20-9(2)14-8)5-12(17)15-3-4-16-10(6-15)7-19-13(16)18/h10H,3-7H2,1-2H3/t10-/m1/s1. The predicted molar refractivity (Wildman–Crippen MR) is 73.7 cm³/mol. The normalized spacial score (nSPS) is 21.9. The number of rotatable bonds is 2. The molecule has 2 fully saturated rings. The molecule has 2 amide bonds. The lowest BCUT2D eigenvalue weighted by Gasteiger charge is -2.35. The molecule has 0 spiro atoms. The Balaban J connectivity index is 1.64. The molecule has 1 atom stereocenters. The van der Waals surface area contributed by atoms with Crippen LogP contribution in [0.2, 0.25) is 0 Å². The van der Waals surface area contributed by atoms with E-state index < -0.39 is 0 Å². The van der Waals surface area contributed by atoms with Gasteiger partial charge in [0.05, 0.1) is 23.2 Å². The van der Waals surface area contributed by atoms with Crippen LogP contribution >= 0.6 is 11.3 Å². The number of hydrogen-bond donors (Lipinski definition) is 0. The van der Waals surface area contributed by atoms with Crippen LogP contribution in [0.4, 0.5) is 4.79 Å². The van der Waals surface area contributed by atoms with E-state index in [1.807, 2.05) is 18.7 Å². The summed E-state index contributed by atoms with van der Waals surface area (Å²) in [7, 11) is 0. The van der Waals surface area contributed by atoms with Gasteiger partial charge in [0, 0.05) is 24.5 Å². The Morgan fingerprint density at radius 2 is 2.25 bits per heavy atom. The molecule has 0 N–H and O–H groups in total. The van der Waals surface area contributed by atoms with Crippen molar-refractivity contribution in [2.24, 2.45) is 0 Å². The molecule has 6 nitrogen and oxygen atoms in total. The first-order valence-electron chi connectivity index (χ1n) is 6.68. The van der Waals surface area contributed by atoms with E-state index in [1.54, 1.807) is 16.2 Å². The minimum atomic E-state index is -0.254. The molecule has 2 aliphatic rings. The Morgan fingerprint density at radius 1 is 1.45 bits per heavy atom. The molecule has 20 heavy (non-hydrogen) atoms. The van der Waals surface area contributed by atoms with Gasteiger partial charge in [-0.2, -0.15) is 0 Å². The molecule has 0 aliphatic carbocycles. The summed E-state index contributed by atoms with van der Waals surface area (Å²) >= 11 is 1.58. The number of aryl methyl sites for hydroxylation is 2. The summed E-state index contributed by atoms with van der Waals surface area (Å²) in [6.45, 7) is 6.00. The van der Waals surface area contributed by atoms with E-state index in [0.717, 1.165) is 15.6 Å². The topological polar surface area (TPSA) is 62.7 Å². The fourth-order valence-corrected chi connectivity index (χ4v) is 3.63. The molecular weight excluding hydrogens is 278 g/mol. The summed E-state index contributed by atoms with van der Waals surface area (Å²) in [6.07, 6.45) is 0.148. The number of thiazole rings is 1. The summed E-state index contributed by atoms with van der Waals surface area (Å²) in [5.74, 6) is 0.107. The van der Waals surface area contributed by atoms with E-state index in [2.05, 4.69) is 4.98 Å². The number of fused-ring (bicyclic) bond motifs is 1. The first kappa shape index (κ1) is 13.4. The predicted octanol–water partition coefficient (Wildman–Crippen LogP) is 0.965. The van der Waals surface area contributed by atoms with E-state index in [-0.39, 0.29) is 18.0 Å². The number of piperazine rings is 1. The van der Waals surface area contributed by atoms with Gasteiger partial charge in [-0.15, -0.1) is 11.3 Å². The summed E-state index contributed by atoms with van der Waals surface area (Å²) in [6, 6.07) is 0.0180. The van der Waals surface area contributed by atoms with Crippen molar-refractivity contribution in [2.75, 3.05) is 26.2 Å². The van der Waals surface area contributed by atoms with Gasteiger partial charge >= 0.3 is 6.09 Å². The minimum absolute atomic E-state index is 0.0180. The minimum Gasteiger partial charge on any atom is -0.447 e. The van der Waals surface area contributed by atoms with Gasteiger partial charge in [0.15, 0.2) is 0 Å². The van der Waals surface area contributed by atoms with Gasteiger partial charge in [-0.05, 0) is 13.8 Å². The lowest BCUT2D eigenvalue weighted by Crippen LogP contribution is -2.54. The van der Waals surface area contributed by atoms with Crippen molar-refractivity contribution in [2.45, 2.75) is 26.3 Å². The van der Waals surface area contributed by atoms with E-state index in [4.69, 9.17) is 4.74 Å². The van der Waals surface area contributed by atoms with Crippen molar-refractivity contribution in [1.29, 1.82) is 0 Å². The zero-order chi connectivity index (χ0) is 14.3. The smallest absolute Gasteiger partial charge is 0.410 e. The van der Waals surface area contributed by atoms with Gasteiger partial charge in [-0.1, -0.05) is 0 Å². The molecule has 3 rings (SSSR count). The lowest BCUT2D eigenvalue weighted by molar-refractivity contribution is -0.132. The number of carbonyl (C=O) groups excluding carboxylic acids is 2. The third-order valence-electron chi connectivity index (χ3n) is 3.78. The molecule has 108 valence electrons. The second kappa shape index (κ2) is 5.05. The van der Waals surface area contributed by atoms with Gasteiger partial charge in [-0.3, -0.25) is 9.69 Å². The number of ether oxygens (including phenoxy) is 1. The van der Waals surface area contributed by atoms with Crippen LogP contribution in [0.3, 0.4) is 0 Å². The fraction of sp³-hybridized carbons (Fsp3) is 0.615. The van der Waals surface area contributed by atoms with E-state index in [9.17, 15) is 9.59 Å². The largest absolute Gasteiger partial charge is 0.447 e. The average Bonchev–Trinajstić information content (AvgIpc) is 2.93. The lowest BCUT2D eigenvalue weighted by atomic mass is 10.2. The Hall–Kier alpha value is -1.63. The van der Waals surface area contributed by atoms with Crippen molar-refractivity contribution >= 4 is 23.3 Å². The van der Waals surface area contributed by atoms with E-state index >= 15 is 0 Å². The Bertz CT molecular complexity index is 557. The van der Waals surface area contributed by atoms with Crippen molar-refractivity contribution in [1.82, 2.24) is 14.8 Å². The highest BCUT2D eigenvalue weighted by Gasteiger charge is 2.38. The number of hydrogen-bond acceptors (Lipinski definition) is 5. The first-order chi connectivity index (χ1) is 9.54. The molecule has 0 radical (unpaired) electrons. The highest BCUT2D eigenvalue weighted by atomic mass is 32.1. The van der Waals surface area contributed by atoms with Gasteiger partial charge < -0.3 is 9.64 Å². The monoisotopic (exact) mass is 295 g/mol. The quantitative estimate of drug-likeness (QED) is 0.815. The second-order valence-corrected chi connectivity index (χ2v) is 6.47. The van der Waals surface area contributed by atoms with E-state index in [1.165, 1.54) is 0 Å². The maximum Gasteiger partial charge on any atom is 0.410 e. The van der Waals surface area contributed by atoms with Crippen molar-refractivity contribution in [3.63, 3.8) is 0 Å². The maximum atomic E-state index is 12.4. The molecule has 2 saturated heterocycles. The Labute approximate surface area is 121 Å². The molecule has 7 heteroatoms. The van der Waals surface area contributed by atoms with Crippen molar-refractivity contribution < 1.29 is 14.3 Å². The maximum absolute atomic E-state index is 12.4. The van der Waals surface area contributed by atoms with Crippen molar-refractivity contribution in [3.8, 4) is 0 Å². The summed E-state index contributed by atoms with van der Waals surface area (Å²) in [5.41, 5.74) is 0.943. The van der Waals surface area contributed by atoms with Crippen LogP contribution in [0.15, 0.2) is 0 Å². The number of aromatic nitrogens is 1. The van der Waals surface area contributed by atoms with Crippen LogP contribution in [0.1, 0.15) is 15.6 Å². The van der Waals surface area contributed by atoms with Crippen LogP contribution in [-0.4, -0.2) is 59.1 Å².